The molecule has 0 fully saturated rings. The summed E-state index contributed by atoms with van der Waals surface area (Å²) in [5, 5.41) is 9.59. The van der Waals surface area contributed by atoms with E-state index >= 15 is 0 Å². The first-order valence-electron chi connectivity index (χ1n) is 45.9. The molecule has 0 N–H and O–H groups in total. The summed E-state index contributed by atoms with van der Waals surface area (Å²) in [6.07, 6.45) is 1.88. The minimum absolute atomic E-state index is 0.250. The molecular weight excluding hydrogens is 1630 g/mol. The van der Waals surface area contributed by atoms with E-state index < -0.39 is 0 Å². The predicted molar refractivity (Wildman–Crippen MR) is 566 cm³/mol. The fourth-order valence-corrected chi connectivity index (χ4v) is 20.5. The number of rotatable bonds is 17. The first-order chi connectivity index (χ1) is 65.9. The number of aromatic nitrogens is 2. The van der Waals surface area contributed by atoms with Gasteiger partial charge in [-0.1, -0.05) is 366 Å². The number of furan rings is 2. The molecule has 0 spiro atoms. The van der Waals surface area contributed by atoms with Crippen molar-refractivity contribution >= 4 is 133 Å². The SMILES string of the molecule is C=C(C)c1ccc(-c2ccc(-c3ccc(N(c4ccc(-c5ccc(-n6c7ccccc7c7ccccc76)cc5)cc4)c4ccc(-c5cccc6c5oc5ccccc56)cc4)cc3)cc2)cc1.C=Cc1ccc(-c2ccc(-c3ccc(N(c4ccc(-c5cccc6c5oc5ccccc56)cc4)c4ccc5c(c4)C(C)(C)c4cc(-n6c7ccccc7c7ccccc76)ccc4-5)cc3)cc2)cc1. The molecule has 0 amide bonds. The van der Waals surface area contributed by atoms with Crippen molar-refractivity contribution in [3.8, 4) is 100 Å². The smallest absolute Gasteiger partial charge is 0.143 e. The quantitative estimate of drug-likeness (QED) is 0.0911. The predicted octanol–water partition coefficient (Wildman–Crippen LogP) is 36.0. The van der Waals surface area contributed by atoms with Gasteiger partial charge in [-0.2, -0.15) is 0 Å². The van der Waals surface area contributed by atoms with Crippen LogP contribution in [0.25, 0.3) is 200 Å². The molecule has 1 aliphatic rings. The van der Waals surface area contributed by atoms with Crippen molar-refractivity contribution < 1.29 is 8.83 Å². The number of nitrogens with zero attached hydrogens (tertiary/aromatic N) is 4. The van der Waals surface area contributed by atoms with Crippen LogP contribution in [0.5, 0.6) is 0 Å². The van der Waals surface area contributed by atoms with Crippen LogP contribution < -0.4 is 9.80 Å². The van der Waals surface area contributed by atoms with Gasteiger partial charge >= 0.3 is 0 Å². The number of benzene rings is 20. The van der Waals surface area contributed by atoms with Gasteiger partial charge in [0.2, 0.25) is 0 Å². The maximum atomic E-state index is 6.48. The summed E-state index contributed by atoms with van der Waals surface area (Å²) >= 11 is 0. The molecule has 634 valence electrons. The summed E-state index contributed by atoms with van der Waals surface area (Å²) in [6, 6.07) is 167. The zero-order valence-corrected chi connectivity index (χ0v) is 74.5. The van der Waals surface area contributed by atoms with Crippen LogP contribution in [0.3, 0.4) is 0 Å². The first kappa shape index (κ1) is 80.0. The molecule has 25 rings (SSSR count). The molecular formula is C128H90N4O2. The van der Waals surface area contributed by atoms with Crippen LogP contribution in [0.4, 0.5) is 34.1 Å². The van der Waals surface area contributed by atoms with Crippen LogP contribution in [-0.2, 0) is 5.41 Å². The van der Waals surface area contributed by atoms with Gasteiger partial charge in [0.25, 0.3) is 0 Å². The van der Waals surface area contributed by atoms with Crippen molar-refractivity contribution in [2.24, 2.45) is 0 Å². The van der Waals surface area contributed by atoms with E-state index in [1.54, 1.807) is 0 Å². The molecule has 0 aliphatic heterocycles. The summed E-state index contributed by atoms with van der Waals surface area (Å²) in [4.78, 5) is 4.73. The van der Waals surface area contributed by atoms with Crippen molar-refractivity contribution in [1.82, 2.24) is 9.13 Å². The van der Waals surface area contributed by atoms with Crippen LogP contribution in [0.1, 0.15) is 43.0 Å². The first-order valence-corrected chi connectivity index (χ1v) is 45.9. The van der Waals surface area contributed by atoms with E-state index in [-0.39, 0.29) is 5.41 Å². The van der Waals surface area contributed by atoms with Crippen LogP contribution in [0.2, 0.25) is 0 Å². The third-order valence-corrected chi connectivity index (χ3v) is 27.5. The largest absolute Gasteiger partial charge is 0.455 e. The second-order valence-electron chi connectivity index (χ2n) is 35.7. The molecule has 0 unspecified atom stereocenters. The normalized spacial score (nSPS) is 12.1. The lowest BCUT2D eigenvalue weighted by atomic mass is 9.82. The number of anilines is 6. The van der Waals surface area contributed by atoms with Crippen molar-refractivity contribution in [1.29, 1.82) is 0 Å². The van der Waals surface area contributed by atoms with Gasteiger partial charge in [-0.25, -0.2) is 0 Å². The van der Waals surface area contributed by atoms with Gasteiger partial charge < -0.3 is 27.8 Å². The van der Waals surface area contributed by atoms with Crippen LogP contribution in [0.15, 0.2) is 483 Å². The van der Waals surface area contributed by atoms with Crippen molar-refractivity contribution in [2.45, 2.75) is 26.2 Å². The molecule has 0 saturated heterocycles. The molecule has 0 radical (unpaired) electrons. The van der Waals surface area contributed by atoms with E-state index in [1.807, 2.05) is 37.3 Å². The molecule has 20 aromatic carbocycles. The van der Waals surface area contributed by atoms with Crippen molar-refractivity contribution in [2.75, 3.05) is 9.80 Å². The van der Waals surface area contributed by atoms with Gasteiger partial charge in [0.05, 0.1) is 22.1 Å². The average molecular weight is 1720 g/mol. The molecule has 4 aromatic heterocycles. The number of para-hydroxylation sites is 8. The number of hydrogen-bond acceptors (Lipinski definition) is 4. The van der Waals surface area contributed by atoms with E-state index in [1.165, 1.54) is 122 Å². The van der Waals surface area contributed by atoms with Crippen LogP contribution in [0, 0.1) is 0 Å². The van der Waals surface area contributed by atoms with E-state index in [2.05, 4.69) is 483 Å². The Labute approximate surface area is 778 Å². The van der Waals surface area contributed by atoms with Gasteiger partial charge in [0.1, 0.15) is 22.3 Å². The Bertz CT molecular complexity index is 8560. The van der Waals surface area contributed by atoms with E-state index in [0.29, 0.717) is 0 Å². The molecule has 0 bridgehead atoms. The second-order valence-corrected chi connectivity index (χ2v) is 35.7. The molecule has 6 nitrogen and oxygen atoms in total. The minimum Gasteiger partial charge on any atom is -0.455 e. The highest BCUT2D eigenvalue weighted by Gasteiger charge is 2.37. The maximum Gasteiger partial charge on any atom is 0.143 e. The van der Waals surface area contributed by atoms with Gasteiger partial charge in [0, 0.05) is 105 Å². The molecule has 0 saturated carbocycles. The average Bonchev–Trinajstić information content (AvgIpc) is 1.56. The Balaban J connectivity index is 0.000000147. The molecule has 24 aromatic rings. The fraction of sp³-hybridized carbons (Fsp3) is 0.0312. The third kappa shape index (κ3) is 14.1. The Morgan fingerprint density at radius 3 is 0.903 bits per heavy atom. The topological polar surface area (TPSA) is 42.6 Å². The van der Waals surface area contributed by atoms with Crippen LogP contribution in [-0.4, -0.2) is 9.13 Å². The van der Waals surface area contributed by atoms with Gasteiger partial charge in [-0.3, -0.25) is 0 Å². The molecule has 6 heteroatoms. The second kappa shape index (κ2) is 33.0. The van der Waals surface area contributed by atoms with Crippen molar-refractivity contribution in [3.63, 3.8) is 0 Å². The van der Waals surface area contributed by atoms with E-state index in [0.717, 1.165) is 128 Å². The van der Waals surface area contributed by atoms with Gasteiger partial charge in [-0.15, -0.1) is 0 Å². The number of allylic oxidation sites excluding steroid dienone is 1. The monoisotopic (exact) mass is 1710 g/mol. The summed E-state index contributed by atoms with van der Waals surface area (Å²) in [5.74, 6) is 0. The zero-order valence-electron chi connectivity index (χ0n) is 74.5. The molecule has 1 aliphatic carbocycles. The number of hydrogen-bond donors (Lipinski definition) is 0. The lowest BCUT2D eigenvalue weighted by Gasteiger charge is -2.28. The summed E-state index contributed by atoms with van der Waals surface area (Å²) in [6.45, 7) is 14.8. The molecule has 0 atom stereocenters. The summed E-state index contributed by atoms with van der Waals surface area (Å²) in [7, 11) is 0. The fourth-order valence-electron chi connectivity index (χ4n) is 20.5. The van der Waals surface area contributed by atoms with Gasteiger partial charge in [0.15, 0.2) is 0 Å². The Morgan fingerprint density at radius 2 is 0.530 bits per heavy atom. The minimum atomic E-state index is -0.250. The van der Waals surface area contributed by atoms with Crippen LogP contribution >= 0.6 is 0 Å². The highest BCUT2D eigenvalue weighted by molar-refractivity contribution is 6.13. The maximum absolute atomic E-state index is 6.48. The van der Waals surface area contributed by atoms with E-state index in [4.69, 9.17) is 8.83 Å². The lowest BCUT2D eigenvalue weighted by molar-refractivity contribution is 0.660. The third-order valence-electron chi connectivity index (χ3n) is 27.5. The highest BCUT2D eigenvalue weighted by atomic mass is 16.3. The molecule has 134 heavy (non-hydrogen) atoms. The highest BCUT2D eigenvalue weighted by Crippen LogP contribution is 2.53. The summed E-state index contributed by atoms with van der Waals surface area (Å²) in [5.41, 5.74) is 41.8. The van der Waals surface area contributed by atoms with Crippen molar-refractivity contribution in [3.05, 3.63) is 496 Å². The Kier molecular flexibility index (Phi) is 19.7. The lowest BCUT2D eigenvalue weighted by Crippen LogP contribution is -2.17. The van der Waals surface area contributed by atoms with E-state index in [9.17, 15) is 0 Å². The Hall–Kier alpha value is -17.3. The zero-order chi connectivity index (χ0) is 89.7. The molecule has 4 heterocycles. The number of fused-ring (bicyclic) bond motifs is 15. The Morgan fingerprint density at radius 1 is 0.254 bits per heavy atom. The van der Waals surface area contributed by atoms with Gasteiger partial charge in [-0.05, 0) is 241 Å². The summed E-state index contributed by atoms with van der Waals surface area (Å²) < 4.78 is 17.7. The standard InChI is InChI=1S/C65H46N2O.C63H44N2O/c1-4-42-20-22-43(23-21-42)44-24-26-45(27-25-44)46-28-32-48(33-29-46)66(49-34-30-47(31-35-49)52-15-11-16-58-57-14-7-10-19-63(57)68-64(52)58)50-36-38-53-54-39-37-51(41-60(54)65(2,3)59(53)40-50)67-61-17-8-5-12-55(61)56-13-6-9-18-62(56)67;1-42(2)43-18-20-44(21-19-43)45-22-24-46(25-23-45)47-26-34-51(35-27-47)64(53-40-32-50(33-41-53)55-13-9-14-59-58-12-5-8-17-62(58)66-63(55)59)52-36-28-48(29-37-52)49-30-38-54(39-31-49)65-60-15-6-3-10-56(60)57-11-4-7-16-61(57)65/h4-41H,1H2,2-3H3;3-41H,1H2,2H3.